The average Bonchev–Trinajstić information content (AvgIpc) is 2.47. The second kappa shape index (κ2) is 8.23. The molecule has 1 N–H and O–H groups in total. The summed E-state index contributed by atoms with van der Waals surface area (Å²) in [5, 5.41) is 3.76. The van der Waals surface area contributed by atoms with Gasteiger partial charge in [0.25, 0.3) is 0 Å². The fraction of sp³-hybridized carbons (Fsp3) is 1.00. The van der Waals surface area contributed by atoms with Crippen LogP contribution in [0.25, 0.3) is 0 Å². The van der Waals surface area contributed by atoms with Crippen molar-refractivity contribution >= 4 is 0 Å². The Kier molecular flexibility index (Phi) is 6.62. The lowest BCUT2D eigenvalue weighted by atomic mass is 9.95. The highest BCUT2D eigenvalue weighted by molar-refractivity contribution is 4.77. The number of likely N-dealkylation sites (N-methyl/N-ethyl adjacent to an activating group) is 1. The third-order valence-corrected chi connectivity index (χ3v) is 4.83. The van der Waals surface area contributed by atoms with Crippen LogP contribution in [-0.4, -0.2) is 49.8 Å². The molecule has 3 nitrogen and oxygen atoms in total. The zero-order chi connectivity index (χ0) is 13.5. The van der Waals surface area contributed by atoms with Crippen molar-refractivity contribution in [1.29, 1.82) is 0 Å². The predicted molar refractivity (Wildman–Crippen MR) is 80.6 cm³/mol. The zero-order valence-electron chi connectivity index (χ0n) is 12.9. The Morgan fingerprint density at radius 2 is 1.84 bits per heavy atom. The largest absolute Gasteiger partial charge is 0.377 e. The molecule has 2 rings (SSSR count). The van der Waals surface area contributed by atoms with Gasteiger partial charge >= 0.3 is 0 Å². The molecule has 19 heavy (non-hydrogen) atoms. The molecule has 0 aromatic heterocycles. The Labute approximate surface area is 119 Å². The molecule has 112 valence electrons. The fourth-order valence-electron chi connectivity index (χ4n) is 3.25. The third-order valence-electron chi connectivity index (χ3n) is 4.83. The van der Waals surface area contributed by atoms with Crippen molar-refractivity contribution in [2.24, 2.45) is 0 Å². The van der Waals surface area contributed by atoms with Gasteiger partial charge in [-0.2, -0.15) is 0 Å². The second-order valence-electron chi connectivity index (χ2n) is 6.52. The molecule has 3 heteroatoms. The summed E-state index contributed by atoms with van der Waals surface area (Å²) in [6.45, 7) is 5.51. The normalized spacial score (nSPS) is 27.6. The van der Waals surface area contributed by atoms with Gasteiger partial charge in [-0.25, -0.2) is 0 Å². The summed E-state index contributed by atoms with van der Waals surface area (Å²) in [6.07, 6.45) is 11.3. The van der Waals surface area contributed by atoms with Gasteiger partial charge in [-0.15, -0.1) is 0 Å². The van der Waals surface area contributed by atoms with Gasteiger partial charge in [0, 0.05) is 31.8 Å². The molecule has 0 aromatic rings. The molecule has 1 saturated heterocycles. The molecule has 1 aliphatic carbocycles. The number of nitrogens with zero attached hydrogens (tertiary/aromatic N) is 1. The van der Waals surface area contributed by atoms with E-state index in [1.807, 2.05) is 0 Å². The van der Waals surface area contributed by atoms with Crippen LogP contribution in [0.2, 0.25) is 0 Å². The highest BCUT2D eigenvalue weighted by atomic mass is 16.5. The molecule has 0 aromatic carbocycles. The Hall–Kier alpha value is -0.120. The maximum atomic E-state index is 5.83. The van der Waals surface area contributed by atoms with Gasteiger partial charge in [0.2, 0.25) is 0 Å². The summed E-state index contributed by atoms with van der Waals surface area (Å²) in [6, 6.07) is 1.38. The summed E-state index contributed by atoms with van der Waals surface area (Å²) < 4.78 is 5.83. The van der Waals surface area contributed by atoms with Gasteiger partial charge < -0.3 is 10.1 Å². The average molecular weight is 268 g/mol. The van der Waals surface area contributed by atoms with Crippen molar-refractivity contribution in [3.8, 4) is 0 Å². The standard InChI is InChI=1S/C16H32N2O/c1-14(12-17-15-8-4-3-5-9-15)18(2)13-16-10-6-7-11-19-16/h14-17H,3-13H2,1-2H3. The molecular formula is C16H32N2O. The van der Waals surface area contributed by atoms with Gasteiger partial charge in [0.15, 0.2) is 0 Å². The van der Waals surface area contributed by atoms with E-state index in [9.17, 15) is 0 Å². The second-order valence-corrected chi connectivity index (χ2v) is 6.52. The maximum absolute atomic E-state index is 5.83. The van der Waals surface area contributed by atoms with Crippen molar-refractivity contribution in [1.82, 2.24) is 10.2 Å². The van der Waals surface area contributed by atoms with E-state index in [1.54, 1.807) is 0 Å². The van der Waals surface area contributed by atoms with Crippen LogP contribution in [0, 0.1) is 0 Å². The predicted octanol–water partition coefficient (Wildman–Crippen LogP) is 2.80. The molecule has 1 saturated carbocycles. The molecule has 1 heterocycles. The number of hydrogen-bond acceptors (Lipinski definition) is 3. The Morgan fingerprint density at radius 3 is 2.53 bits per heavy atom. The zero-order valence-corrected chi connectivity index (χ0v) is 12.9. The van der Waals surface area contributed by atoms with Crippen molar-refractivity contribution in [3.05, 3.63) is 0 Å². The van der Waals surface area contributed by atoms with Crippen molar-refractivity contribution < 1.29 is 4.74 Å². The van der Waals surface area contributed by atoms with E-state index in [4.69, 9.17) is 4.74 Å². The summed E-state index contributed by atoms with van der Waals surface area (Å²) in [4.78, 5) is 2.46. The minimum Gasteiger partial charge on any atom is -0.377 e. The maximum Gasteiger partial charge on any atom is 0.0702 e. The summed E-state index contributed by atoms with van der Waals surface area (Å²) in [7, 11) is 2.24. The molecule has 2 unspecified atom stereocenters. The smallest absolute Gasteiger partial charge is 0.0702 e. The molecule has 2 fully saturated rings. The van der Waals surface area contributed by atoms with Crippen molar-refractivity contribution in [3.63, 3.8) is 0 Å². The van der Waals surface area contributed by atoms with Gasteiger partial charge in [0.05, 0.1) is 6.10 Å². The van der Waals surface area contributed by atoms with E-state index in [0.717, 1.165) is 25.7 Å². The summed E-state index contributed by atoms with van der Waals surface area (Å²) in [5.74, 6) is 0. The van der Waals surface area contributed by atoms with Crippen LogP contribution in [0.15, 0.2) is 0 Å². The number of hydrogen-bond donors (Lipinski definition) is 1. The topological polar surface area (TPSA) is 24.5 Å². The highest BCUT2D eigenvalue weighted by Crippen LogP contribution is 2.18. The lowest BCUT2D eigenvalue weighted by Gasteiger charge is -2.32. The molecule has 0 bridgehead atoms. The van der Waals surface area contributed by atoms with Crippen LogP contribution in [0.5, 0.6) is 0 Å². The first-order valence-electron chi connectivity index (χ1n) is 8.31. The monoisotopic (exact) mass is 268 g/mol. The molecule has 0 amide bonds. The molecule has 1 aliphatic heterocycles. The minimum atomic E-state index is 0.468. The lowest BCUT2D eigenvalue weighted by molar-refractivity contribution is -0.00708. The Balaban J connectivity index is 1.62. The Bertz CT molecular complexity index is 235. The lowest BCUT2D eigenvalue weighted by Crippen LogP contribution is -2.45. The SMILES string of the molecule is CC(CNC1CCCCC1)N(C)CC1CCCCO1. The van der Waals surface area contributed by atoms with Crippen LogP contribution in [0.3, 0.4) is 0 Å². The number of rotatable bonds is 6. The van der Waals surface area contributed by atoms with Crippen LogP contribution < -0.4 is 5.32 Å². The summed E-state index contributed by atoms with van der Waals surface area (Å²) >= 11 is 0. The highest BCUT2D eigenvalue weighted by Gasteiger charge is 2.20. The molecular weight excluding hydrogens is 236 g/mol. The van der Waals surface area contributed by atoms with E-state index in [2.05, 4.69) is 24.2 Å². The van der Waals surface area contributed by atoms with Crippen LogP contribution in [-0.2, 0) is 4.74 Å². The number of nitrogens with one attached hydrogen (secondary N) is 1. The molecule has 0 radical (unpaired) electrons. The van der Waals surface area contributed by atoms with E-state index in [0.29, 0.717) is 12.1 Å². The first kappa shape index (κ1) is 15.3. The first-order valence-corrected chi connectivity index (χ1v) is 8.31. The first-order chi connectivity index (χ1) is 9.25. The van der Waals surface area contributed by atoms with E-state index in [-0.39, 0.29) is 0 Å². The van der Waals surface area contributed by atoms with Gasteiger partial charge in [-0.3, -0.25) is 4.90 Å². The van der Waals surface area contributed by atoms with Gasteiger partial charge in [-0.05, 0) is 46.1 Å². The third kappa shape index (κ3) is 5.41. The van der Waals surface area contributed by atoms with E-state index < -0.39 is 0 Å². The van der Waals surface area contributed by atoms with Crippen LogP contribution >= 0.6 is 0 Å². The molecule has 2 aliphatic rings. The number of ether oxygens (including phenoxy) is 1. The van der Waals surface area contributed by atoms with E-state index >= 15 is 0 Å². The minimum absolute atomic E-state index is 0.468. The van der Waals surface area contributed by atoms with E-state index in [1.165, 1.54) is 51.4 Å². The van der Waals surface area contributed by atoms with Crippen molar-refractivity contribution in [2.75, 3.05) is 26.7 Å². The van der Waals surface area contributed by atoms with Crippen LogP contribution in [0.4, 0.5) is 0 Å². The molecule has 2 atom stereocenters. The summed E-state index contributed by atoms with van der Waals surface area (Å²) in [5.41, 5.74) is 0. The van der Waals surface area contributed by atoms with Gasteiger partial charge in [0.1, 0.15) is 0 Å². The Morgan fingerprint density at radius 1 is 1.11 bits per heavy atom. The fourth-order valence-corrected chi connectivity index (χ4v) is 3.25. The quantitative estimate of drug-likeness (QED) is 0.801. The van der Waals surface area contributed by atoms with Crippen molar-refractivity contribution in [2.45, 2.75) is 76.5 Å². The van der Waals surface area contributed by atoms with Crippen LogP contribution in [0.1, 0.15) is 58.3 Å². The molecule has 0 spiro atoms. The van der Waals surface area contributed by atoms with Gasteiger partial charge in [-0.1, -0.05) is 19.3 Å².